The highest BCUT2D eigenvalue weighted by Crippen LogP contribution is 2.09. The van der Waals surface area contributed by atoms with Gasteiger partial charge in [0, 0.05) is 18.8 Å². The number of thioether (sulfide) groups is 1. The summed E-state index contributed by atoms with van der Waals surface area (Å²) in [6.45, 7) is 1.65. The summed E-state index contributed by atoms with van der Waals surface area (Å²) < 4.78 is 0. The molecule has 0 aromatic heterocycles. The third kappa shape index (κ3) is 2.91. The van der Waals surface area contributed by atoms with Crippen molar-refractivity contribution in [3.05, 3.63) is 0 Å². The molecular weight excluding hydrogens is 176 g/mol. The zero-order valence-electron chi connectivity index (χ0n) is 7.21. The lowest BCUT2D eigenvalue weighted by molar-refractivity contribution is 0.0881. The first-order valence-corrected chi connectivity index (χ1v) is 5.15. The third-order valence-electron chi connectivity index (χ3n) is 1.70. The number of rotatable bonds is 1. The van der Waals surface area contributed by atoms with E-state index in [-0.39, 0.29) is 6.03 Å². The van der Waals surface area contributed by atoms with E-state index in [2.05, 4.69) is 10.3 Å². The SMILES string of the molecule is CONC(=O)N1CCCSCC1. The summed E-state index contributed by atoms with van der Waals surface area (Å²) >= 11 is 1.89. The van der Waals surface area contributed by atoms with Gasteiger partial charge in [-0.05, 0) is 12.2 Å². The van der Waals surface area contributed by atoms with Crippen LogP contribution in [0.4, 0.5) is 4.79 Å². The summed E-state index contributed by atoms with van der Waals surface area (Å²) in [5, 5.41) is 0. The zero-order chi connectivity index (χ0) is 8.81. The van der Waals surface area contributed by atoms with Crippen LogP contribution in [-0.4, -0.2) is 42.6 Å². The number of hydrogen-bond acceptors (Lipinski definition) is 3. The minimum absolute atomic E-state index is 0.125. The number of hydrogen-bond donors (Lipinski definition) is 1. The Bertz CT molecular complexity index is 146. The van der Waals surface area contributed by atoms with Crippen molar-refractivity contribution in [2.75, 3.05) is 31.7 Å². The van der Waals surface area contributed by atoms with Gasteiger partial charge in [0.1, 0.15) is 0 Å². The Hall–Kier alpha value is -0.420. The fourth-order valence-electron chi connectivity index (χ4n) is 1.10. The smallest absolute Gasteiger partial charge is 0.322 e. The molecule has 0 bridgehead atoms. The highest BCUT2D eigenvalue weighted by molar-refractivity contribution is 7.99. The lowest BCUT2D eigenvalue weighted by atomic mass is 10.4. The van der Waals surface area contributed by atoms with E-state index in [4.69, 9.17) is 0 Å². The molecule has 0 radical (unpaired) electrons. The highest BCUT2D eigenvalue weighted by atomic mass is 32.2. The lowest BCUT2D eigenvalue weighted by Gasteiger charge is -2.19. The molecule has 5 heteroatoms. The van der Waals surface area contributed by atoms with E-state index >= 15 is 0 Å². The second kappa shape index (κ2) is 5.27. The van der Waals surface area contributed by atoms with E-state index in [1.54, 1.807) is 4.90 Å². The van der Waals surface area contributed by atoms with Crippen molar-refractivity contribution in [2.24, 2.45) is 0 Å². The quantitative estimate of drug-likeness (QED) is 0.619. The molecule has 0 aliphatic carbocycles. The predicted octanol–water partition coefficient (Wildman–Crippen LogP) is 0.696. The first kappa shape index (κ1) is 9.67. The van der Waals surface area contributed by atoms with E-state index in [0.717, 1.165) is 31.0 Å². The molecule has 0 unspecified atom stereocenters. The molecule has 1 saturated heterocycles. The summed E-state index contributed by atoms with van der Waals surface area (Å²) in [6.07, 6.45) is 1.07. The predicted molar refractivity (Wildman–Crippen MR) is 49.1 cm³/mol. The van der Waals surface area contributed by atoms with Gasteiger partial charge in [-0.25, -0.2) is 10.3 Å². The van der Waals surface area contributed by atoms with Gasteiger partial charge in [-0.15, -0.1) is 0 Å². The average Bonchev–Trinajstić information content (AvgIpc) is 2.32. The van der Waals surface area contributed by atoms with Gasteiger partial charge in [-0.1, -0.05) is 0 Å². The Morgan fingerprint density at radius 2 is 2.33 bits per heavy atom. The molecule has 1 aliphatic heterocycles. The van der Waals surface area contributed by atoms with Crippen LogP contribution in [0.3, 0.4) is 0 Å². The second-order valence-corrected chi connectivity index (χ2v) is 3.79. The van der Waals surface area contributed by atoms with Gasteiger partial charge in [0.25, 0.3) is 0 Å². The van der Waals surface area contributed by atoms with Crippen LogP contribution < -0.4 is 5.48 Å². The molecule has 1 heterocycles. The normalized spacial score (nSPS) is 18.6. The van der Waals surface area contributed by atoms with Crippen molar-refractivity contribution in [3.63, 3.8) is 0 Å². The van der Waals surface area contributed by atoms with Crippen LogP contribution in [0.25, 0.3) is 0 Å². The molecule has 0 spiro atoms. The Morgan fingerprint density at radius 1 is 1.50 bits per heavy atom. The van der Waals surface area contributed by atoms with Crippen molar-refractivity contribution in [3.8, 4) is 0 Å². The third-order valence-corrected chi connectivity index (χ3v) is 2.75. The maximum atomic E-state index is 11.2. The number of urea groups is 1. The molecule has 4 nitrogen and oxygen atoms in total. The number of carbonyl (C=O) groups is 1. The topological polar surface area (TPSA) is 41.6 Å². The van der Waals surface area contributed by atoms with Gasteiger partial charge in [0.05, 0.1) is 7.11 Å². The van der Waals surface area contributed by atoms with Gasteiger partial charge < -0.3 is 4.90 Å². The van der Waals surface area contributed by atoms with Crippen LogP contribution in [-0.2, 0) is 4.84 Å². The molecule has 70 valence electrons. The van der Waals surface area contributed by atoms with Gasteiger partial charge in [-0.2, -0.15) is 11.8 Å². The average molecular weight is 190 g/mol. The molecule has 0 aromatic rings. The summed E-state index contributed by atoms with van der Waals surface area (Å²) in [7, 11) is 1.45. The minimum atomic E-state index is -0.125. The molecule has 0 aromatic carbocycles. The molecular formula is C7H14N2O2S. The summed E-state index contributed by atoms with van der Waals surface area (Å²) in [6, 6.07) is -0.125. The van der Waals surface area contributed by atoms with Crippen molar-refractivity contribution in [1.82, 2.24) is 10.4 Å². The fraction of sp³-hybridized carbons (Fsp3) is 0.857. The number of nitrogens with one attached hydrogen (secondary N) is 1. The molecule has 1 fully saturated rings. The second-order valence-electron chi connectivity index (χ2n) is 2.56. The Labute approximate surface area is 76.6 Å². The maximum Gasteiger partial charge on any atom is 0.341 e. The minimum Gasteiger partial charge on any atom is -0.322 e. The standard InChI is InChI=1S/C7H14N2O2S/c1-11-8-7(10)9-3-2-5-12-6-4-9/h2-6H2,1H3,(H,8,10). The van der Waals surface area contributed by atoms with E-state index < -0.39 is 0 Å². The molecule has 0 saturated carbocycles. The van der Waals surface area contributed by atoms with Gasteiger partial charge in [0.2, 0.25) is 0 Å². The highest BCUT2D eigenvalue weighted by Gasteiger charge is 2.14. The van der Waals surface area contributed by atoms with Gasteiger partial charge >= 0.3 is 6.03 Å². The fourth-order valence-corrected chi connectivity index (χ4v) is 1.99. The van der Waals surface area contributed by atoms with E-state index in [0.29, 0.717) is 0 Å². The summed E-state index contributed by atoms with van der Waals surface area (Å²) in [4.78, 5) is 17.6. The molecule has 2 amide bonds. The number of amides is 2. The summed E-state index contributed by atoms with van der Waals surface area (Å²) in [5.74, 6) is 2.17. The Balaban J connectivity index is 2.32. The van der Waals surface area contributed by atoms with Crippen LogP contribution >= 0.6 is 11.8 Å². The first-order chi connectivity index (χ1) is 5.84. The monoisotopic (exact) mass is 190 g/mol. The molecule has 1 aliphatic rings. The van der Waals surface area contributed by atoms with Crippen LogP contribution in [0.5, 0.6) is 0 Å². The zero-order valence-corrected chi connectivity index (χ0v) is 8.02. The maximum absolute atomic E-state index is 11.2. The first-order valence-electron chi connectivity index (χ1n) is 4.00. The molecule has 0 atom stereocenters. The van der Waals surface area contributed by atoms with Crippen LogP contribution in [0.15, 0.2) is 0 Å². The van der Waals surface area contributed by atoms with Crippen LogP contribution in [0.1, 0.15) is 6.42 Å². The summed E-state index contributed by atoms with van der Waals surface area (Å²) in [5.41, 5.74) is 2.32. The van der Waals surface area contributed by atoms with Crippen molar-refractivity contribution < 1.29 is 9.63 Å². The largest absolute Gasteiger partial charge is 0.341 e. The van der Waals surface area contributed by atoms with Crippen LogP contribution in [0, 0.1) is 0 Å². The van der Waals surface area contributed by atoms with Crippen molar-refractivity contribution in [2.45, 2.75) is 6.42 Å². The Kier molecular flexibility index (Phi) is 4.24. The van der Waals surface area contributed by atoms with Gasteiger partial charge in [0.15, 0.2) is 0 Å². The number of carbonyl (C=O) groups excluding carboxylic acids is 1. The van der Waals surface area contributed by atoms with E-state index in [1.165, 1.54) is 7.11 Å². The molecule has 1 N–H and O–H groups in total. The number of hydroxylamine groups is 1. The van der Waals surface area contributed by atoms with E-state index in [1.807, 2.05) is 11.8 Å². The molecule has 1 rings (SSSR count). The van der Waals surface area contributed by atoms with E-state index in [9.17, 15) is 4.79 Å². The van der Waals surface area contributed by atoms with Crippen molar-refractivity contribution >= 4 is 17.8 Å². The Morgan fingerprint density at radius 3 is 3.08 bits per heavy atom. The molecule has 12 heavy (non-hydrogen) atoms. The van der Waals surface area contributed by atoms with Gasteiger partial charge in [-0.3, -0.25) is 4.84 Å². The lowest BCUT2D eigenvalue weighted by Crippen LogP contribution is -2.40. The van der Waals surface area contributed by atoms with Crippen molar-refractivity contribution in [1.29, 1.82) is 0 Å². The number of nitrogens with zero attached hydrogens (tertiary/aromatic N) is 1. The van der Waals surface area contributed by atoms with Crippen LogP contribution in [0.2, 0.25) is 0 Å².